The summed E-state index contributed by atoms with van der Waals surface area (Å²) in [4.78, 5) is 12.5. The summed E-state index contributed by atoms with van der Waals surface area (Å²) in [6.45, 7) is 1.60. The Kier molecular flexibility index (Phi) is 4.26. The summed E-state index contributed by atoms with van der Waals surface area (Å²) < 4.78 is 47.5. The number of carbonyl (C=O) groups is 1. The highest BCUT2D eigenvalue weighted by Gasteiger charge is 2.14. The molecule has 1 unspecified atom stereocenters. The Morgan fingerprint density at radius 1 is 1.30 bits per heavy atom. The van der Waals surface area contributed by atoms with Gasteiger partial charge in [-0.3, -0.25) is 9.00 Å². The number of thiophene rings is 1. The number of hydrogen-bond acceptors (Lipinski definition) is 4. The summed E-state index contributed by atoms with van der Waals surface area (Å²) in [7, 11) is 0. The Labute approximate surface area is 119 Å². The molecule has 8 heteroatoms. The average Bonchev–Trinajstić information content (AvgIpc) is 2.76. The number of hydrogen-bond donors (Lipinski definition) is 1. The maximum absolute atomic E-state index is 13.0. The highest BCUT2D eigenvalue weighted by Crippen LogP contribution is 2.25. The van der Waals surface area contributed by atoms with E-state index in [-0.39, 0.29) is 15.5 Å². The van der Waals surface area contributed by atoms with Crippen molar-refractivity contribution in [2.45, 2.75) is 11.1 Å². The zero-order chi connectivity index (χ0) is 14.9. The third-order valence-corrected chi connectivity index (χ3v) is 4.43. The number of amides is 1. The number of aryl methyl sites for hydroxylation is 1. The molecule has 0 aliphatic rings. The predicted molar refractivity (Wildman–Crippen MR) is 70.6 cm³/mol. The Morgan fingerprint density at radius 2 is 2.00 bits per heavy atom. The van der Waals surface area contributed by atoms with E-state index < -0.39 is 28.6 Å². The van der Waals surface area contributed by atoms with Crippen LogP contribution in [0.25, 0.3) is 0 Å². The van der Waals surface area contributed by atoms with Gasteiger partial charge in [0, 0.05) is 16.6 Å². The second kappa shape index (κ2) is 5.78. The highest BCUT2D eigenvalue weighted by molar-refractivity contribution is 7.81. The van der Waals surface area contributed by atoms with Gasteiger partial charge < -0.3 is 9.87 Å². The van der Waals surface area contributed by atoms with Gasteiger partial charge in [0.05, 0.1) is 9.77 Å². The lowest BCUT2D eigenvalue weighted by atomic mass is 10.2. The molecule has 0 saturated heterocycles. The summed E-state index contributed by atoms with van der Waals surface area (Å²) in [6, 6.07) is 4.19. The molecule has 20 heavy (non-hydrogen) atoms. The van der Waals surface area contributed by atoms with E-state index in [1.165, 1.54) is 12.1 Å². The van der Waals surface area contributed by atoms with Crippen LogP contribution in [0.5, 0.6) is 0 Å². The minimum Gasteiger partial charge on any atom is -0.768 e. The number of rotatable bonds is 3. The largest absolute Gasteiger partial charge is 0.768 e. The summed E-state index contributed by atoms with van der Waals surface area (Å²) in [6.07, 6.45) is 0. The van der Waals surface area contributed by atoms with E-state index in [0.717, 1.165) is 23.5 Å². The molecular formula is C12H8F2NO3S2-. The second-order valence-corrected chi connectivity index (χ2v) is 6.28. The van der Waals surface area contributed by atoms with E-state index in [9.17, 15) is 22.3 Å². The van der Waals surface area contributed by atoms with Crippen LogP contribution < -0.4 is 5.32 Å². The Morgan fingerprint density at radius 3 is 2.55 bits per heavy atom. The van der Waals surface area contributed by atoms with Gasteiger partial charge >= 0.3 is 0 Å². The van der Waals surface area contributed by atoms with Crippen LogP contribution in [-0.4, -0.2) is 14.7 Å². The molecule has 0 saturated carbocycles. The lowest BCUT2D eigenvalue weighted by Gasteiger charge is -2.05. The monoisotopic (exact) mass is 316 g/mol. The summed E-state index contributed by atoms with van der Waals surface area (Å²) in [5.74, 6) is -2.67. The molecule has 1 aromatic carbocycles. The first-order chi connectivity index (χ1) is 9.38. The zero-order valence-corrected chi connectivity index (χ0v) is 11.7. The van der Waals surface area contributed by atoms with Gasteiger partial charge in [-0.25, -0.2) is 8.78 Å². The van der Waals surface area contributed by atoms with Crippen molar-refractivity contribution >= 4 is 34.0 Å². The van der Waals surface area contributed by atoms with Crippen LogP contribution in [-0.2, 0) is 11.1 Å². The van der Waals surface area contributed by atoms with Crippen molar-refractivity contribution in [2.75, 3.05) is 5.32 Å². The van der Waals surface area contributed by atoms with E-state index in [1.54, 1.807) is 6.92 Å². The third kappa shape index (κ3) is 3.09. The van der Waals surface area contributed by atoms with Crippen LogP contribution in [0.3, 0.4) is 0 Å². The van der Waals surface area contributed by atoms with Gasteiger partial charge in [0.1, 0.15) is 0 Å². The predicted octanol–water partition coefficient (Wildman–Crippen LogP) is 2.83. The first-order valence-electron chi connectivity index (χ1n) is 5.34. The number of halogens is 2. The summed E-state index contributed by atoms with van der Waals surface area (Å²) in [5.41, 5.74) is 0.267. The van der Waals surface area contributed by atoms with E-state index in [2.05, 4.69) is 5.32 Å². The number of benzene rings is 1. The molecule has 1 N–H and O–H groups in total. The summed E-state index contributed by atoms with van der Waals surface area (Å²) in [5, 5.41) is 2.38. The Bertz CT molecular complexity index is 700. The molecule has 0 radical (unpaired) electrons. The Hall–Kier alpha value is -1.64. The van der Waals surface area contributed by atoms with Gasteiger partial charge in [0.2, 0.25) is 0 Å². The van der Waals surface area contributed by atoms with E-state index in [0.29, 0.717) is 4.88 Å². The van der Waals surface area contributed by atoms with Crippen molar-refractivity contribution in [3.8, 4) is 0 Å². The molecule has 1 amide bonds. The zero-order valence-electron chi connectivity index (χ0n) is 10.1. The Balaban J connectivity index is 2.23. The minimum atomic E-state index is -2.41. The fourth-order valence-corrected chi connectivity index (χ4v) is 3.14. The van der Waals surface area contributed by atoms with E-state index in [4.69, 9.17) is 0 Å². The van der Waals surface area contributed by atoms with Gasteiger partial charge in [0.15, 0.2) is 11.6 Å². The lowest BCUT2D eigenvalue weighted by molar-refractivity contribution is 0.102. The molecular weight excluding hydrogens is 308 g/mol. The van der Waals surface area contributed by atoms with Crippen LogP contribution >= 0.6 is 11.3 Å². The van der Waals surface area contributed by atoms with Crippen molar-refractivity contribution < 1.29 is 22.3 Å². The van der Waals surface area contributed by atoms with Crippen LogP contribution in [0.2, 0.25) is 0 Å². The smallest absolute Gasteiger partial charge is 0.256 e. The van der Waals surface area contributed by atoms with Gasteiger partial charge in [0.25, 0.3) is 5.91 Å². The first-order valence-corrected chi connectivity index (χ1v) is 7.23. The van der Waals surface area contributed by atoms with Crippen LogP contribution in [0.4, 0.5) is 14.5 Å². The van der Waals surface area contributed by atoms with Crippen molar-refractivity contribution in [2.24, 2.45) is 0 Å². The first kappa shape index (κ1) is 14.8. The van der Waals surface area contributed by atoms with Crippen molar-refractivity contribution in [1.82, 2.24) is 0 Å². The van der Waals surface area contributed by atoms with Crippen molar-refractivity contribution in [1.29, 1.82) is 0 Å². The maximum Gasteiger partial charge on any atom is 0.256 e. The molecule has 1 heterocycles. The quantitative estimate of drug-likeness (QED) is 0.885. The molecule has 2 rings (SSSR count). The van der Waals surface area contributed by atoms with Crippen LogP contribution in [0.15, 0.2) is 28.5 Å². The molecule has 1 aromatic heterocycles. The number of anilines is 1. The van der Waals surface area contributed by atoms with Gasteiger partial charge in [-0.1, -0.05) is 0 Å². The van der Waals surface area contributed by atoms with Crippen LogP contribution in [0, 0.1) is 18.6 Å². The van der Waals surface area contributed by atoms with E-state index >= 15 is 0 Å². The van der Waals surface area contributed by atoms with Crippen molar-refractivity contribution in [3.63, 3.8) is 0 Å². The fourth-order valence-electron chi connectivity index (χ4n) is 1.53. The molecule has 2 aromatic rings. The normalized spacial score (nSPS) is 12.2. The lowest BCUT2D eigenvalue weighted by Crippen LogP contribution is -2.12. The second-order valence-electron chi connectivity index (χ2n) is 3.85. The average molecular weight is 316 g/mol. The molecule has 0 spiro atoms. The standard InChI is InChI=1S/C12H9F2NO3S2/c1-6-8(5-11(19-6)20(17)18)12(16)15-7-2-3-9(13)10(14)4-7/h2-5H,1H3,(H,15,16)(H,17,18)/p-1. The molecule has 0 aliphatic carbocycles. The van der Waals surface area contributed by atoms with E-state index in [1.807, 2.05) is 0 Å². The minimum absolute atomic E-state index is 0.0398. The SMILES string of the molecule is Cc1sc(S(=O)[O-])cc1C(=O)Nc1ccc(F)c(F)c1. The molecule has 1 atom stereocenters. The van der Waals surface area contributed by atoms with Gasteiger partial charge in [-0.2, -0.15) is 0 Å². The molecule has 0 fully saturated rings. The highest BCUT2D eigenvalue weighted by atomic mass is 32.2. The van der Waals surface area contributed by atoms with Crippen LogP contribution in [0.1, 0.15) is 15.2 Å². The maximum atomic E-state index is 13.0. The third-order valence-electron chi connectivity index (χ3n) is 2.48. The number of nitrogens with one attached hydrogen (secondary N) is 1. The fraction of sp³-hybridized carbons (Fsp3) is 0.0833. The van der Waals surface area contributed by atoms with Gasteiger partial charge in [-0.05, 0) is 36.2 Å². The molecule has 106 valence electrons. The number of carbonyl (C=O) groups excluding carboxylic acids is 1. The van der Waals surface area contributed by atoms with Crippen molar-refractivity contribution in [3.05, 3.63) is 46.3 Å². The molecule has 0 bridgehead atoms. The summed E-state index contributed by atoms with van der Waals surface area (Å²) >= 11 is -1.45. The molecule has 4 nitrogen and oxygen atoms in total. The van der Waals surface area contributed by atoms with Gasteiger partial charge in [-0.15, -0.1) is 11.3 Å². The topological polar surface area (TPSA) is 69.2 Å². The molecule has 0 aliphatic heterocycles.